The number of H-pyrrole nitrogens is 1. The highest BCUT2D eigenvalue weighted by molar-refractivity contribution is 7.09. The maximum atomic E-state index is 5.55. The molecule has 89 heavy (non-hydrogen) atoms. The van der Waals surface area contributed by atoms with Crippen LogP contribution in [0.5, 0.6) is 17.2 Å². The van der Waals surface area contributed by atoms with Gasteiger partial charge in [-0.05, 0) is 152 Å². The lowest BCUT2D eigenvalue weighted by Gasteiger charge is -2.20. The molecule has 12 nitrogen and oxygen atoms in total. The minimum atomic E-state index is 0.503. The summed E-state index contributed by atoms with van der Waals surface area (Å²) in [6, 6.07) is 33.7. The normalized spacial score (nSPS) is 12.8. The summed E-state index contributed by atoms with van der Waals surface area (Å²) in [5.41, 5.74) is 15.1. The molecule has 3 aromatic carbocycles. The molecule has 0 saturated heterocycles. The molecule has 0 radical (unpaired) electrons. The average Bonchev–Trinajstić information content (AvgIpc) is 4.57. The molecule has 9 heterocycles. The Balaban J connectivity index is 0.000000215. The van der Waals surface area contributed by atoms with Gasteiger partial charge in [0.05, 0.1) is 37.1 Å². The molecule has 0 atom stereocenters. The Labute approximate surface area is 540 Å². The van der Waals surface area contributed by atoms with Crippen molar-refractivity contribution in [2.75, 3.05) is 50.1 Å². The molecular formula is C76H107N9O3S. The summed E-state index contributed by atoms with van der Waals surface area (Å²) in [4.78, 5) is 21.6. The standard InChI is InChI=1S/C11H15NO.C11H14O.C10H14N2O.C9H12.2C8H11N.C7H11N.C6H10N2.C6H9NS/c1-8(2)9-3-4-10-11(7-9)13-6-5-12-10;1-8(2)10-4-3-9-5-6-12-11(9)7-10;1-7(2)8-5-9-10(12-6-8)11-3-4-13-9;1-8(2)9-6-4-3-5-7-9;1-7(2)8-3-5-9-6-4-8;1-7(2)8-4-3-5-9-6-8;1-6(2)7-3-4-8-5-7;1-5(2)6-3-7-8-4-6;1-5(2)6-3-7-4-8-6/h3-4,7-8,12H,5-6H2,1-2H3;3-4,7-8H,5-6H2,1-2H3;5-7H,3-4H2,1-2H3,(H,11,12);3-8H,1-2H3;2*3-7H,1-2H3;3-4,6H,5H2,1-2H3;3-5H,1-2H3,(H,7,8);3-5H,1-2H3. The molecule has 0 unspecified atom stereocenters. The lowest BCUT2D eigenvalue weighted by atomic mass is 10.0. The summed E-state index contributed by atoms with van der Waals surface area (Å²) < 4.78 is 16.5. The summed E-state index contributed by atoms with van der Waals surface area (Å²) in [6.45, 7) is 44.3. The van der Waals surface area contributed by atoms with Gasteiger partial charge < -0.3 is 24.8 Å². The van der Waals surface area contributed by atoms with Crippen LogP contribution in [-0.2, 0) is 6.42 Å². The van der Waals surface area contributed by atoms with E-state index in [9.17, 15) is 0 Å². The quantitative estimate of drug-likeness (QED) is 0.128. The van der Waals surface area contributed by atoms with Crippen molar-refractivity contribution in [1.29, 1.82) is 0 Å². The number of fused-ring (bicyclic) bond motifs is 3. The molecule has 480 valence electrons. The van der Waals surface area contributed by atoms with Crippen LogP contribution in [-0.4, -0.2) is 75.8 Å². The fraction of sp³-hybridized carbons (Fsp3) is 0.447. The summed E-state index contributed by atoms with van der Waals surface area (Å²) in [7, 11) is 0. The van der Waals surface area contributed by atoms with Crippen LogP contribution in [0.4, 0.5) is 11.5 Å². The number of thiazole rings is 1. The first kappa shape index (κ1) is 73.8. The second-order valence-electron chi connectivity index (χ2n) is 24.9. The summed E-state index contributed by atoms with van der Waals surface area (Å²) in [6.07, 6.45) is 20.0. The Bertz CT molecular complexity index is 2970. The van der Waals surface area contributed by atoms with E-state index in [1.165, 1.54) is 55.0 Å². The predicted octanol–water partition coefficient (Wildman–Crippen LogP) is 20.0. The number of hydrogen-bond donors (Lipinski definition) is 3. The van der Waals surface area contributed by atoms with Gasteiger partial charge >= 0.3 is 0 Å². The number of aromatic nitrogens is 6. The third kappa shape index (κ3) is 28.2. The molecule has 5 aromatic heterocycles. The third-order valence-electron chi connectivity index (χ3n) is 14.7. The van der Waals surface area contributed by atoms with Crippen LogP contribution >= 0.6 is 11.3 Å². The zero-order valence-corrected chi connectivity index (χ0v) is 57.9. The first-order valence-electron chi connectivity index (χ1n) is 32.2. The number of ether oxygens (including phenoxy) is 3. The Morgan fingerprint density at radius 1 is 0.438 bits per heavy atom. The third-order valence-corrected chi connectivity index (χ3v) is 15.8. The van der Waals surface area contributed by atoms with Crippen LogP contribution in [0.15, 0.2) is 169 Å². The highest BCUT2D eigenvalue weighted by Crippen LogP contribution is 2.32. The summed E-state index contributed by atoms with van der Waals surface area (Å²) in [5, 5.41) is 13.1. The van der Waals surface area contributed by atoms with Crippen LogP contribution in [0.3, 0.4) is 0 Å². The van der Waals surface area contributed by atoms with E-state index < -0.39 is 0 Å². The van der Waals surface area contributed by atoms with Gasteiger partial charge in [0, 0.05) is 67.4 Å². The molecule has 13 heteroatoms. The minimum Gasteiger partial charge on any atom is -0.493 e. The molecular weight excluding hydrogens is 1120 g/mol. The van der Waals surface area contributed by atoms with Gasteiger partial charge in [0.2, 0.25) is 0 Å². The van der Waals surface area contributed by atoms with Gasteiger partial charge in [-0.2, -0.15) is 5.10 Å². The van der Waals surface area contributed by atoms with E-state index in [-0.39, 0.29) is 0 Å². The molecule has 12 rings (SSSR count). The molecule has 0 fully saturated rings. The number of aliphatic imine (C=N–C) groups is 1. The highest BCUT2D eigenvalue weighted by Gasteiger charge is 2.15. The average molecular weight is 1230 g/mol. The van der Waals surface area contributed by atoms with Gasteiger partial charge in [0.25, 0.3) is 0 Å². The van der Waals surface area contributed by atoms with E-state index in [1.807, 2.05) is 79.4 Å². The van der Waals surface area contributed by atoms with Crippen molar-refractivity contribution < 1.29 is 14.2 Å². The van der Waals surface area contributed by atoms with E-state index >= 15 is 0 Å². The van der Waals surface area contributed by atoms with E-state index in [4.69, 9.17) is 14.2 Å². The Hall–Kier alpha value is -7.64. The van der Waals surface area contributed by atoms with Crippen molar-refractivity contribution >= 4 is 29.1 Å². The largest absolute Gasteiger partial charge is 0.493 e. The van der Waals surface area contributed by atoms with Crippen molar-refractivity contribution in [3.05, 3.63) is 213 Å². The van der Waals surface area contributed by atoms with Crippen LogP contribution < -0.4 is 24.8 Å². The highest BCUT2D eigenvalue weighted by atomic mass is 32.1. The number of nitrogens with zero attached hydrogens (tertiary/aromatic N) is 6. The number of rotatable bonds is 9. The van der Waals surface area contributed by atoms with Crippen LogP contribution in [0.1, 0.15) is 221 Å². The predicted molar refractivity (Wildman–Crippen MR) is 379 cm³/mol. The molecule has 8 aromatic rings. The van der Waals surface area contributed by atoms with Crippen LogP contribution in [0.2, 0.25) is 0 Å². The van der Waals surface area contributed by atoms with E-state index in [0.717, 1.165) is 74.6 Å². The topological polar surface area (TPSA) is 144 Å². The number of anilines is 2. The van der Waals surface area contributed by atoms with Gasteiger partial charge in [-0.1, -0.05) is 179 Å². The molecule has 0 bridgehead atoms. The van der Waals surface area contributed by atoms with Crippen LogP contribution in [0, 0.1) is 5.92 Å². The van der Waals surface area contributed by atoms with Crippen molar-refractivity contribution in [1.82, 2.24) is 30.1 Å². The molecule has 0 amide bonds. The lowest BCUT2D eigenvalue weighted by molar-refractivity contribution is 0.321. The summed E-state index contributed by atoms with van der Waals surface area (Å²) in [5.74, 6) is 9.30. The Morgan fingerprint density at radius 2 is 1.01 bits per heavy atom. The smallest absolute Gasteiger partial charge is 0.168 e. The van der Waals surface area contributed by atoms with Crippen molar-refractivity contribution in [3.8, 4) is 17.2 Å². The molecule has 0 aliphatic carbocycles. The number of nitrogens with one attached hydrogen (secondary N) is 3. The van der Waals surface area contributed by atoms with Gasteiger partial charge in [-0.3, -0.25) is 25.0 Å². The van der Waals surface area contributed by atoms with E-state index in [0.29, 0.717) is 53.3 Å². The van der Waals surface area contributed by atoms with Gasteiger partial charge in [0.1, 0.15) is 24.7 Å². The van der Waals surface area contributed by atoms with Gasteiger partial charge in [0.15, 0.2) is 11.6 Å². The SMILES string of the molecule is CC(C)C1=CC=NC1.CC(C)c1ccc2c(c1)OCC2.CC(C)c1ccc2c(c1)OCCN2.CC(C)c1ccccc1.CC(C)c1cccnc1.CC(C)c1ccncc1.CC(C)c1cn[nH]c1.CC(C)c1cnc2c(c1)OCCN2.CC(C)c1cncs1. The zero-order valence-electron chi connectivity index (χ0n) is 57.1. The minimum absolute atomic E-state index is 0.503. The maximum absolute atomic E-state index is 5.55. The number of benzene rings is 3. The second kappa shape index (κ2) is 40.8. The van der Waals surface area contributed by atoms with Gasteiger partial charge in [-0.15, -0.1) is 11.3 Å². The lowest BCUT2D eigenvalue weighted by Crippen LogP contribution is -2.19. The van der Waals surface area contributed by atoms with Crippen molar-refractivity contribution in [3.63, 3.8) is 0 Å². The monoisotopic (exact) mass is 1230 g/mol. The Morgan fingerprint density at radius 3 is 1.48 bits per heavy atom. The first-order valence-corrected chi connectivity index (χ1v) is 33.1. The first-order chi connectivity index (χ1) is 42.6. The summed E-state index contributed by atoms with van der Waals surface area (Å²) >= 11 is 1.72. The van der Waals surface area contributed by atoms with Crippen molar-refractivity contribution in [2.24, 2.45) is 10.9 Å². The Kier molecular flexibility index (Phi) is 33.9. The van der Waals surface area contributed by atoms with Crippen LogP contribution in [0.25, 0.3) is 0 Å². The second-order valence-corrected chi connectivity index (χ2v) is 25.8. The number of allylic oxidation sites excluding steroid dienone is 1. The fourth-order valence-corrected chi connectivity index (χ4v) is 9.16. The molecule has 4 aliphatic rings. The molecule has 4 aliphatic heterocycles. The fourth-order valence-electron chi connectivity index (χ4n) is 8.53. The number of hydrogen-bond acceptors (Lipinski definition) is 12. The number of pyridine rings is 3. The van der Waals surface area contributed by atoms with Gasteiger partial charge in [-0.25, -0.2) is 4.98 Å². The molecule has 0 spiro atoms. The molecule has 3 N–H and O–H groups in total. The van der Waals surface area contributed by atoms with E-state index in [2.05, 4.69) is 249 Å². The maximum Gasteiger partial charge on any atom is 0.168 e. The molecule has 0 saturated carbocycles. The number of aromatic amines is 1. The van der Waals surface area contributed by atoms with Crippen molar-refractivity contribution in [2.45, 2.75) is 178 Å². The zero-order chi connectivity index (χ0) is 65.1. The van der Waals surface area contributed by atoms with E-state index in [1.54, 1.807) is 17.5 Å².